The van der Waals surface area contributed by atoms with E-state index in [0.29, 0.717) is 55.8 Å². The maximum Gasteiger partial charge on any atom is 0.302 e. The molecule has 4 rings (SSSR count). The van der Waals surface area contributed by atoms with Crippen LogP contribution in [0, 0.1) is 0 Å². The molecule has 0 atom stereocenters. The number of aromatic nitrogens is 6. The molecule has 0 aliphatic heterocycles. The van der Waals surface area contributed by atoms with Crippen LogP contribution in [-0.2, 0) is 16.1 Å². The average Bonchev–Trinajstić information content (AvgIpc) is 3.35. The molecule has 3 aromatic heterocycles. The van der Waals surface area contributed by atoms with Crippen LogP contribution in [0.4, 0.5) is 0 Å². The second-order valence-corrected chi connectivity index (χ2v) is 9.74. The number of thioether (sulfide) groups is 1. The molecule has 0 N–H and O–H groups in total. The number of nitrogens with zero attached hydrogens (tertiary/aromatic N) is 6. The first-order valence-corrected chi connectivity index (χ1v) is 11.8. The van der Waals surface area contributed by atoms with E-state index in [-0.39, 0.29) is 5.97 Å². The number of ether oxygens (including phenoxy) is 1. The molecule has 0 radical (unpaired) electrons. The van der Waals surface area contributed by atoms with Gasteiger partial charge in [-0.2, -0.15) is 0 Å². The monoisotopic (exact) mass is 514 g/mol. The summed E-state index contributed by atoms with van der Waals surface area (Å²) in [6, 6.07) is 3.47. The zero-order valence-electron chi connectivity index (χ0n) is 15.9. The third kappa shape index (κ3) is 5.45. The highest BCUT2D eigenvalue weighted by atomic mass is 35.5. The van der Waals surface area contributed by atoms with E-state index in [9.17, 15) is 4.79 Å². The van der Waals surface area contributed by atoms with Crippen LogP contribution in [0.2, 0.25) is 15.1 Å². The van der Waals surface area contributed by atoms with Gasteiger partial charge in [0.15, 0.2) is 14.8 Å². The lowest BCUT2D eigenvalue weighted by Crippen LogP contribution is -2.02. The number of esters is 1. The molecular weight excluding hydrogens is 503 g/mol. The number of hydrogen-bond donors (Lipinski definition) is 0. The summed E-state index contributed by atoms with van der Waals surface area (Å²) in [6.45, 7) is 2.13. The summed E-state index contributed by atoms with van der Waals surface area (Å²) >= 11 is 21.1. The van der Waals surface area contributed by atoms with E-state index in [2.05, 4.69) is 25.3 Å². The Morgan fingerprint density at radius 1 is 1.19 bits per heavy atom. The van der Waals surface area contributed by atoms with Gasteiger partial charge < -0.3 is 4.74 Å². The molecule has 0 bridgehead atoms. The molecule has 8 nitrogen and oxygen atoms in total. The van der Waals surface area contributed by atoms with Gasteiger partial charge in [0.25, 0.3) is 0 Å². The Bertz CT molecular complexity index is 1240. The molecule has 0 unspecified atom stereocenters. The Morgan fingerprint density at radius 3 is 2.71 bits per heavy atom. The van der Waals surface area contributed by atoms with E-state index in [4.69, 9.17) is 39.5 Å². The van der Waals surface area contributed by atoms with Crippen molar-refractivity contribution in [3.8, 4) is 11.4 Å². The van der Waals surface area contributed by atoms with Crippen LogP contribution in [0.3, 0.4) is 0 Å². The van der Waals surface area contributed by atoms with Crippen LogP contribution >= 0.6 is 57.9 Å². The third-order valence-corrected chi connectivity index (χ3v) is 7.15. The predicted octanol–water partition coefficient (Wildman–Crippen LogP) is 5.01. The van der Waals surface area contributed by atoms with Crippen LogP contribution in [0.1, 0.15) is 12.5 Å². The van der Waals surface area contributed by atoms with Crippen LogP contribution in [0.25, 0.3) is 21.9 Å². The molecule has 31 heavy (non-hydrogen) atoms. The molecule has 0 spiro atoms. The van der Waals surface area contributed by atoms with Gasteiger partial charge >= 0.3 is 5.97 Å². The minimum Gasteiger partial charge on any atom is -0.465 e. The van der Waals surface area contributed by atoms with Crippen molar-refractivity contribution in [2.75, 3.05) is 12.4 Å². The van der Waals surface area contributed by atoms with Crippen LogP contribution < -0.4 is 0 Å². The van der Waals surface area contributed by atoms with Gasteiger partial charge in [0.2, 0.25) is 0 Å². The molecular formula is C18H13Cl3N6O2S2. The number of rotatable bonds is 7. The lowest BCUT2D eigenvalue weighted by atomic mass is 10.2. The van der Waals surface area contributed by atoms with Crippen molar-refractivity contribution in [1.82, 2.24) is 29.9 Å². The fraction of sp³-hybridized carbons (Fsp3) is 0.222. The molecule has 1 aromatic carbocycles. The number of halogens is 3. The smallest absolute Gasteiger partial charge is 0.302 e. The maximum absolute atomic E-state index is 10.8. The van der Waals surface area contributed by atoms with E-state index >= 15 is 0 Å². The molecule has 0 aliphatic carbocycles. The van der Waals surface area contributed by atoms with E-state index in [1.165, 1.54) is 30.0 Å². The maximum atomic E-state index is 10.8. The molecule has 0 amide bonds. The van der Waals surface area contributed by atoms with Crippen molar-refractivity contribution in [2.45, 2.75) is 17.8 Å². The fourth-order valence-electron chi connectivity index (χ4n) is 2.58. The number of thiazole rings is 1. The van der Waals surface area contributed by atoms with E-state index in [1.807, 2.05) is 0 Å². The molecule has 0 fully saturated rings. The number of carbonyl (C=O) groups excluding carboxylic acids is 1. The number of benzene rings is 1. The van der Waals surface area contributed by atoms with Crippen molar-refractivity contribution in [2.24, 2.45) is 0 Å². The average molecular weight is 516 g/mol. The number of fused-ring (bicyclic) bond motifs is 1. The van der Waals surface area contributed by atoms with Crippen molar-refractivity contribution < 1.29 is 9.53 Å². The molecule has 0 saturated heterocycles. The summed E-state index contributed by atoms with van der Waals surface area (Å²) in [5.74, 6) is 0.312. The summed E-state index contributed by atoms with van der Waals surface area (Å²) in [5, 5.41) is 9.41. The van der Waals surface area contributed by atoms with Gasteiger partial charge in [-0.3, -0.25) is 4.79 Å². The standard InChI is InChI=1S/C18H13Cl3N6O2S2/c1-9(28)29-2-3-30-18-24-16-17(31-18)23-13(6-22-16)14-8-27(26-25-14)7-10-4-11(19)15(21)12(20)5-10/h4-6,8H,2-3,7H2,1H3. The zero-order valence-corrected chi connectivity index (χ0v) is 19.8. The highest BCUT2D eigenvalue weighted by molar-refractivity contribution is 8.01. The summed E-state index contributed by atoms with van der Waals surface area (Å²) in [7, 11) is 0. The number of hydrogen-bond acceptors (Lipinski definition) is 9. The van der Waals surface area contributed by atoms with Gasteiger partial charge in [-0.1, -0.05) is 63.1 Å². The van der Waals surface area contributed by atoms with Gasteiger partial charge in [-0.15, -0.1) is 5.10 Å². The summed E-state index contributed by atoms with van der Waals surface area (Å²) in [4.78, 5) is 24.9. The van der Waals surface area contributed by atoms with Gasteiger partial charge in [0.1, 0.15) is 18.0 Å². The third-order valence-electron chi connectivity index (χ3n) is 3.91. The fourth-order valence-corrected chi connectivity index (χ4v) is 5.07. The Balaban J connectivity index is 1.48. The Labute approximate surface area is 199 Å². The van der Waals surface area contributed by atoms with E-state index < -0.39 is 0 Å². The van der Waals surface area contributed by atoms with Gasteiger partial charge in [0.05, 0.1) is 34.0 Å². The SMILES string of the molecule is CC(=O)OCCSc1nc2ncc(-c3cn(Cc4cc(Cl)c(Cl)c(Cl)c4)nn3)nc2s1. The van der Waals surface area contributed by atoms with Gasteiger partial charge in [-0.05, 0) is 17.7 Å². The van der Waals surface area contributed by atoms with E-state index in [0.717, 1.165) is 9.90 Å². The largest absolute Gasteiger partial charge is 0.465 e. The van der Waals surface area contributed by atoms with Gasteiger partial charge in [0, 0.05) is 12.7 Å². The quantitative estimate of drug-likeness (QED) is 0.147. The van der Waals surface area contributed by atoms with Crippen molar-refractivity contribution >= 4 is 74.3 Å². The summed E-state index contributed by atoms with van der Waals surface area (Å²) in [5.41, 5.74) is 2.57. The lowest BCUT2D eigenvalue weighted by Gasteiger charge is -2.05. The van der Waals surface area contributed by atoms with Crippen LogP contribution in [0.5, 0.6) is 0 Å². The second-order valence-electron chi connectivity index (χ2n) is 6.23. The van der Waals surface area contributed by atoms with Crippen LogP contribution in [-0.4, -0.2) is 48.3 Å². The normalized spacial score (nSPS) is 11.2. The molecule has 3 heterocycles. The molecule has 0 saturated carbocycles. The Hall–Kier alpha value is -1.98. The predicted molar refractivity (Wildman–Crippen MR) is 122 cm³/mol. The topological polar surface area (TPSA) is 95.7 Å². The summed E-state index contributed by atoms with van der Waals surface area (Å²) < 4.78 is 7.38. The van der Waals surface area contributed by atoms with E-state index in [1.54, 1.807) is 29.2 Å². The minimum absolute atomic E-state index is 0.298. The molecule has 160 valence electrons. The van der Waals surface area contributed by atoms with Crippen molar-refractivity contribution in [3.05, 3.63) is 45.2 Å². The van der Waals surface area contributed by atoms with Gasteiger partial charge in [-0.25, -0.2) is 19.6 Å². The lowest BCUT2D eigenvalue weighted by molar-refractivity contribution is -0.140. The molecule has 13 heteroatoms. The summed E-state index contributed by atoms with van der Waals surface area (Å²) in [6.07, 6.45) is 3.38. The minimum atomic E-state index is -0.298. The van der Waals surface area contributed by atoms with Crippen LogP contribution in [0.15, 0.2) is 28.9 Å². The first-order valence-electron chi connectivity index (χ1n) is 8.82. The first kappa shape index (κ1) is 22.2. The second kappa shape index (κ2) is 9.66. The molecule has 0 aliphatic rings. The Kier molecular flexibility index (Phi) is 6.92. The zero-order chi connectivity index (χ0) is 22.0. The first-order chi connectivity index (χ1) is 14.9. The van der Waals surface area contributed by atoms with Crippen molar-refractivity contribution in [1.29, 1.82) is 0 Å². The molecule has 4 aromatic rings. The van der Waals surface area contributed by atoms with Crippen molar-refractivity contribution in [3.63, 3.8) is 0 Å². The highest BCUT2D eigenvalue weighted by Crippen LogP contribution is 2.32. The highest BCUT2D eigenvalue weighted by Gasteiger charge is 2.13. The number of carbonyl (C=O) groups is 1. The Morgan fingerprint density at radius 2 is 1.97 bits per heavy atom.